The summed E-state index contributed by atoms with van der Waals surface area (Å²) in [7, 11) is 1.43. The van der Waals surface area contributed by atoms with Crippen LogP contribution in [0.2, 0.25) is 0 Å². The van der Waals surface area contributed by atoms with E-state index < -0.39 is 10.8 Å². The molecule has 0 aliphatic rings. The number of nitrogens with zero attached hydrogens (tertiary/aromatic N) is 2. The van der Waals surface area contributed by atoms with Crippen molar-refractivity contribution in [3.8, 4) is 17.6 Å². The molecule has 0 aliphatic heterocycles. The molecule has 0 aromatic heterocycles. The van der Waals surface area contributed by atoms with Gasteiger partial charge in [0.1, 0.15) is 24.1 Å². The number of hydrogen-bond acceptors (Lipinski definition) is 6. The number of benzene rings is 3. The zero-order valence-electron chi connectivity index (χ0n) is 17.4. The minimum Gasteiger partial charge on any atom is -0.493 e. The van der Waals surface area contributed by atoms with E-state index in [-0.39, 0.29) is 29.4 Å². The summed E-state index contributed by atoms with van der Waals surface area (Å²) >= 11 is 0. The summed E-state index contributed by atoms with van der Waals surface area (Å²) in [5.41, 5.74) is 0.642. The smallest absolute Gasteiger partial charge is 0.271 e. The Morgan fingerprint density at radius 1 is 1.15 bits per heavy atom. The lowest BCUT2D eigenvalue weighted by Crippen LogP contribution is -2.13. The molecule has 0 aliphatic carbocycles. The largest absolute Gasteiger partial charge is 0.493 e. The number of nitro benzene ring substituents is 1. The molecule has 0 fully saturated rings. The van der Waals surface area contributed by atoms with Crippen LogP contribution in [-0.2, 0) is 11.4 Å². The molecule has 1 N–H and O–H groups in total. The van der Waals surface area contributed by atoms with Crippen molar-refractivity contribution in [2.75, 3.05) is 12.4 Å². The first kappa shape index (κ1) is 23.0. The number of carbonyl (C=O) groups excluding carboxylic acids is 1. The van der Waals surface area contributed by atoms with E-state index in [0.717, 1.165) is 0 Å². The summed E-state index contributed by atoms with van der Waals surface area (Å²) in [6.07, 6.45) is 1.34. The maximum Gasteiger partial charge on any atom is 0.271 e. The monoisotopic (exact) mass is 447 g/mol. The fourth-order valence-corrected chi connectivity index (χ4v) is 2.88. The Kier molecular flexibility index (Phi) is 7.34. The SMILES string of the molecule is COc1cc(/C=C(\C#N)C(=O)Nc2cccc([N+](=O)[O-])c2)ccc1OCc1ccccc1F. The summed E-state index contributed by atoms with van der Waals surface area (Å²) in [4.78, 5) is 22.8. The molecule has 0 unspecified atom stereocenters. The second kappa shape index (κ2) is 10.5. The summed E-state index contributed by atoms with van der Waals surface area (Å²) in [6.45, 7) is -0.00666. The number of anilines is 1. The molecule has 0 atom stereocenters. The lowest BCUT2D eigenvalue weighted by Gasteiger charge is -2.12. The molecule has 0 heterocycles. The molecule has 0 saturated heterocycles. The predicted molar refractivity (Wildman–Crippen MR) is 119 cm³/mol. The highest BCUT2D eigenvalue weighted by Crippen LogP contribution is 2.30. The first-order chi connectivity index (χ1) is 15.9. The molecule has 8 nitrogen and oxygen atoms in total. The van der Waals surface area contributed by atoms with Crippen molar-refractivity contribution in [1.82, 2.24) is 0 Å². The van der Waals surface area contributed by atoms with E-state index >= 15 is 0 Å². The second-order valence-electron chi connectivity index (χ2n) is 6.72. The summed E-state index contributed by atoms with van der Waals surface area (Å²) in [6, 6.07) is 18.2. The maximum absolute atomic E-state index is 13.8. The average molecular weight is 447 g/mol. The zero-order valence-corrected chi connectivity index (χ0v) is 17.4. The fraction of sp³-hybridized carbons (Fsp3) is 0.0833. The van der Waals surface area contributed by atoms with Gasteiger partial charge < -0.3 is 14.8 Å². The van der Waals surface area contributed by atoms with Gasteiger partial charge in [0.15, 0.2) is 11.5 Å². The van der Waals surface area contributed by atoms with Crippen LogP contribution in [0.4, 0.5) is 15.8 Å². The summed E-state index contributed by atoms with van der Waals surface area (Å²) in [5, 5.41) is 22.8. The lowest BCUT2D eigenvalue weighted by atomic mass is 10.1. The van der Waals surface area contributed by atoms with E-state index in [2.05, 4.69) is 5.32 Å². The molecule has 3 rings (SSSR count). The van der Waals surface area contributed by atoms with Crippen LogP contribution < -0.4 is 14.8 Å². The molecule has 0 radical (unpaired) electrons. The summed E-state index contributed by atoms with van der Waals surface area (Å²) < 4.78 is 24.8. The molecule has 33 heavy (non-hydrogen) atoms. The van der Waals surface area contributed by atoms with Gasteiger partial charge in [0.2, 0.25) is 0 Å². The number of amides is 1. The first-order valence-electron chi connectivity index (χ1n) is 9.63. The van der Waals surface area contributed by atoms with Gasteiger partial charge in [0.05, 0.1) is 12.0 Å². The van der Waals surface area contributed by atoms with Crippen molar-refractivity contribution in [3.05, 3.63) is 99.4 Å². The van der Waals surface area contributed by atoms with E-state index in [0.29, 0.717) is 22.6 Å². The second-order valence-corrected chi connectivity index (χ2v) is 6.72. The normalized spacial score (nSPS) is 10.8. The minimum absolute atomic E-state index is 0.00666. The highest BCUT2D eigenvalue weighted by Gasteiger charge is 2.13. The molecular formula is C24H18FN3O5. The van der Waals surface area contributed by atoms with Crippen molar-refractivity contribution < 1.29 is 23.6 Å². The third-order valence-electron chi connectivity index (χ3n) is 4.52. The number of non-ortho nitro benzene ring substituents is 1. The number of rotatable bonds is 8. The molecule has 0 spiro atoms. The highest BCUT2D eigenvalue weighted by atomic mass is 19.1. The van der Waals surface area contributed by atoms with Gasteiger partial charge in [-0.3, -0.25) is 14.9 Å². The van der Waals surface area contributed by atoms with Gasteiger partial charge in [-0.1, -0.05) is 30.3 Å². The van der Waals surface area contributed by atoms with Crippen molar-refractivity contribution in [2.24, 2.45) is 0 Å². The van der Waals surface area contributed by atoms with Crippen LogP contribution in [-0.4, -0.2) is 17.9 Å². The number of nitriles is 1. The van der Waals surface area contributed by atoms with Crippen molar-refractivity contribution in [1.29, 1.82) is 5.26 Å². The molecule has 3 aromatic rings. The number of carbonyl (C=O) groups is 1. The Morgan fingerprint density at radius 2 is 1.94 bits per heavy atom. The number of ether oxygens (including phenoxy) is 2. The van der Waals surface area contributed by atoms with Gasteiger partial charge in [-0.15, -0.1) is 0 Å². The maximum atomic E-state index is 13.8. The predicted octanol–water partition coefficient (Wildman–Crippen LogP) is 4.87. The van der Waals surface area contributed by atoms with E-state index in [9.17, 15) is 24.6 Å². The molecule has 0 bridgehead atoms. The Morgan fingerprint density at radius 3 is 2.64 bits per heavy atom. The number of nitrogens with one attached hydrogen (secondary N) is 1. The molecule has 1 amide bonds. The van der Waals surface area contributed by atoms with Gasteiger partial charge in [0.25, 0.3) is 11.6 Å². The van der Waals surface area contributed by atoms with Gasteiger partial charge in [-0.05, 0) is 35.9 Å². The molecule has 0 saturated carbocycles. The minimum atomic E-state index is -0.725. The Bertz CT molecular complexity index is 1270. The van der Waals surface area contributed by atoms with E-state index in [4.69, 9.17) is 9.47 Å². The van der Waals surface area contributed by atoms with Crippen molar-refractivity contribution in [2.45, 2.75) is 6.61 Å². The topological polar surface area (TPSA) is 114 Å². The third kappa shape index (κ3) is 5.92. The van der Waals surface area contributed by atoms with E-state index in [1.807, 2.05) is 6.07 Å². The van der Waals surface area contributed by atoms with Gasteiger partial charge >= 0.3 is 0 Å². The van der Waals surface area contributed by atoms with E-state index in [1.165, 1.54) is 43.5 Å². The lowest BCUT2D eigenvalue weighted by molar-refractivity contribution is -0.384. The van der Waals surface area contributed by atoms with Gasteiger partial charge in [-0.25, -0.2) is 4.39 Å². The van der Waals surface area contributed by atoms with Crippen LogP contribution in [0.3, 0.4) is 0 Å². The van der Waals surface area contributed by atoms with Crippen molar-refractivity contribution >= 4 is 23.4 Å². The number of nitro groups is 1. The van der Waals surface area contributed by atoms with Crippen LogP contribution >= 0.6 is 0 Å². The van der Waals surface area contributed by atoms with Gasteiger partial charge in [0, 0.05) is 23.4 Å². The van der Waals surface area contributed by atoms with Crippen LogP contribution in [0.5, 0.6) is 11.5 Å². The Labute approximate surface area is 188 Å². The number of halogens is 1. The number of hydrogen-bond donors (Lipinski definition) is 1. The Hall–Kier alpha value is -4.71. The zero-order chi connectivity index (χ0) is 23.8. The highest BCUT2D eigenvalue weighted by molar-refractivity contribution is 6.09. The van der Waals surface area contributed by atoms with E-state index in [1.54, 1.807) is 36.4 Å². The molecule has 166 valence electrons. The molecule has 9 heteroatoms. The third-order valence-corrected chi connectivity index (χ3v) is 4.52. The quantitative estimate of drug-likeness (QED) is 0.228. The van der Waals surface area contributed by atoms with Crippen LogP contribution in [0, 0.1) is 27.3 Å². The molecular weight excluding hydrogens is 429 g/mol. The standard InChI is InChI=1S/C24H18FN3O5/c1-32-23-12-16(9-10-22(23)33-15-17-5-2-3-8-21(17)25)11-18(14-26)24(29)27-19-6-4-7-20(13-19)28(30)31/h2-13H,15H2,1H3,(H,27,29)/b18-11+. The van der Waals surface area contributed by atoms with Crippen LogP contribution in [0.1, 0.15) is 11.1 Å². The molecule has 3 aromatic carbocycles. The number of methoxy groups -OCH3 is 1. The summed E-state index contributed by atoms with van der Waals surface area (Å²) in [5.74, 6) is -0.421. The van der Waals surface area contributed by atoms with Crippen LogP contribution in [0.15, 0.2) is 72.3 Å². The van der Waals surface area contributed by atoms with Crippen molar-refractivity contribution in [3.63, 3.8) is 0 Å². The first-order valence-corrected chi connectivity index (χ1v) is 9.63. The fourth-order valence-electron chi connectivity index (χ4n) is 2.88. The van der Waals surface area contributed by atoms with Gasteiger partial charge in [-0.2, -0.15) is 5.26 Å². The Balaban J connectivity index is 1.77. The van der Waals surface area contributed by atoms with Crippen LogP contribution in [0.25, 0.3) is 6.08 Å². The average Bonchev–Trinajstić information content (AvgIpc) is 2.82.